The van der Waals surface area contributed by atoms with Crippen LogP contribution in [0.3, 0.4) is 0 Å². The zero-order valence-corrected chi connectivity index (χ0v) is 10.2. The molecule has 0 spiro atoms. The van der Waals surface area contributed by atoms with Crippen molar-refractivity contribution >= 4 is 29.6 Å². The highest BCUT2D eigenvalue weighted by molar-refractivity contribution is 5.85. The van der Waals surface area contributed by atoms with E-state index in [9.17, 15) is 0 Å². The summed E-state index contributed by atoms with van der Waals surface area (Å²) in [5, 5.41) is 3.13. The topological polar surface area (TPSA) is 69.4 Å². The molecular weight excluding hydrogens is 254 g/mol. The molecule has 0 saturated heterocycles. The Morgan fingerprint density at radius 1 is 1.17 bits per heavy atom. The molecule has 2 aromatic rings. The van der Waals surface area contributed by atoms with E-state index in [2.05, 4.69) is 10.3 Å². The summed E-state index contributed by atoms with van der Waals surface area (Å²) in [6.45, 7) is 0.268. The summed E-state index contributed by atoms with van der Waals surface area (Å²) in [5.74, 6) is 2.11. The minimum atomic E-state index is 0. The Kier molecular flexibility index (Phi) is 3.43. The molecule has 0 radical (unpaired) electrons. The second-order valence-corrected chi connectivity index (χ2v) is 3.63. The van der Waals surface area contributed by atoms with Gasteiger partial charge in [0.15, 0.2) is 17.3 Å². The zero-order valence-electron chi connectivity index (χ0n) is 9.42. The molecule has 0 saturated carbocycles. The van der Waals surface area contributed by atoms with Gasteiger partial charge in [-0.05, 0) is 24.3 Å². The van der Waals surface area contributed by atoms with E-state index in [1.807, 2.05) is 18.2 Å². The van der Waals surface area contributed by atoms with Gasteiger partial charge in [-0.2, -0.15) is 0 Å². The maximum atomic E-state index is 5.80. The fraction of sp³-hybridized carbons (Fsp3) is 0.0833. The normalized spacial score (nSPS) is 11.8. The molecule has 94 valence electrons. The molecule has 1 aliphatic heterocycles. The quantitative estimate of drug-likeness (QED) is 0.873. The van der Waals surface area contributed by atoms with Crippen LogP contribution in [-0.2, 0) is 0 Å². The number of rotatable bonds is 2. The lowest BCUT2D eigenvalue weighted by molar-refractivity contribution is 0.174. The van der Waals surface area contributed by atoms with Crippen molar-refractivity contribution in [2.45, 2.75) is 0 Å². The fourth-order valence-electron chi connectivity index (χ4n) is 1.63. The van der Waals surface area contributed by atoms with Gasteiger partial charge in [0, 0.05) is 18.0 Å². The molecule has 18 heavy (non-hydrogen) atoms. The van der Waals surface area contributed by atoms with Crippen molar-refractivity contribution in [3.63, 3.8) is 0 Å². The molecule has 3 rings (SSSR count). The van der Waals surface area contributed by atoms with Crippen LogP contribution in [0.15, 0.2) is 36.5 Å². The highest BCUT2D eigenvalue weighted by Crippen LogP contribution is 2.35. The number of fused-ring (bicyclic) bond motifs is 1. The standard InChI is InChI=1S/C12H11N3O2.ClH/c13-9-2-1-5-14-12(9)15-8-3-4-10-11(6-8)17-7-16-10;/h1-6H,7,13H2,(H,14,15);1H. The number of aromatic nitrogens is 1. The number of ether oxygens (including phenoxy) is 2. The number of nitrogen functional groups attached to an aromatic ring is 1. The number of anilines is 3. The lowest BCUT2D eigenvalue weighted by Crippen LogP contribution is -1.98. The van der Waals surface area contributed by atoms with Gasteiger partial charge in [0.25, 0.3) is 0 Å². The lowest BCUT2D eigenvalue weighted by atomic mass is 10.2. The van der Waals surface area contributed by atoms with E-state index >= 15 is 0 Å². The predicted octanol–water partition coefficient (Wildman–Crippen LogP) is 2.56. The summed E-state index contributed by atoms with van der Waals surface area (Å²) in [5.41, 5.74) is 7.26. The van der Waals surface area contributed by atoms with Crippen LogP contribution in [0.25, 0.3) is 0 Å². The molecule has 2 heterocycles. The molecular formula is C12H12ClN3O2. The van der Waals surface area contributed by atoms with Gasteiger partial charge in [-0.15, -0.1) is 12.4 Å². The summed E-state index contributed by atoms with van der Waals surface area (Å²) < 4.78 is 10.5. The van der Waals surface area contributed by atoms with Crippen molar-refractivity contribution in [1.29, 1.82) is 0 Å². The van der Waals surface area contributed by atoms with E-state index in [0.29, 0.717) is 11.5 Å². The Hall–Kier alpha value is -2.14. The first-order valence-corrected chi connectivity index (χ1v) is 5.20. The van der Waals surface area contributed by atoms with Crippen LogP contribution in [-0.4, -0.2) is 11.8 Å². The molecule has 0 fully saturated rings. The molecule has 0 unspecified atom stereocenters. The van der Waals surface area contributed by atoms with E-state index in [-0.39, 0.29) is 19.2 Å². The molecule has 0 atom stereocenters. The number of hydrogen-bond acceptors (Lipinski definition) is 5. The Morgan fingerprint density at radius 2 is 2.00 bits per heavy atom. The van der Waals surface area contributed by atoms with Gasteiger partial charge in [0.05, 0.1) is 5.69 Å². The Bertz CT molecular complexity index is 563. The Balaban J connectivity index is 0.00000120. The SMILES string of the molecule is Cl.Nc1cccnc1Nc1ccc2c(c1)OCO2. The van der Waals surface area contributed by atoms with Gasteiger partial charge >= 0.3 is 0 Å². The summed E-state index contributed by atoms with van der Waals surface area (Å²) in [6.07, 6.45) is 1.69. The number of hydrogen-bond donors (Lipinski definition) is 2. The van der Waals surface area contributed by atoms with Crippen molar-refractivity contribution in [3.8, 4) is 11.5 Å². The lowest BCUT2D eigenvalue weighted by Gasteiger charge is -2.08. The van der Waals surface area contributed by atoms with Gasteiger partial charge in [-0.25, -0.2) is 4.98 Å². The molecule has 1 aromatic carbocycles. The number of nitrogens with zero attached hydrogens (tertiary/aromatic N) is 1. The van der Waals surface area contributed by atoms with Crippen molar-refractivity contribution in [2.75, 3.05) is 17.8 Å². The first kappa shape index (κ1) is 12.3. The first-order chi connectivity index (χ1) is 8.33. The largest absolute Gasteiger partial charge is 0.454 e. The Morgan fingerprint density at radius 3 is 2.83 bits per heavy atom. The third-order valence-corrected chi connectivity index (χ3v) is 2.47. The van der Waals surface area contributed by atoms with Gasteiger partial charge in [0.1, 0.15) is 0 Å². The van der Waals surface area contributed by atoms with Crippen LogP contribution in [0.2, 0.25) is 0 Å². The van der Waals surface area contributed by atoms with E-state index < -0.39 is 0 Å². The number of nitrogens with two attached hydrogens (primary N) is 1. The minimum Gasteiger partial charge on any atom is -0.454 e. The first-order valence-electron chi connectivity index (χ1n) is 5.20. The number of nitrogens with one attached hydrogen (secondary N) is 1. The summed E-state index contributed by atoms with van der Waals surface area (Å²) in [4.78, 5) is 4.16. The van der Waals surface area contributed by atoms with E-state index in [1.165, 1.54) is 0 Å². The molecule has 6 heteroatoms. The highest BCUT2D eigenvalue weighted by Gasteiger charge is 2.13. The molecule has 1 aromatic heterocycles. The van der Waals surface area contributed by atoms with Crippen molar-refractivity contribution in [3.05, 3.63) is 36.5 Å². The van der Waals surface area contributed by atoms with Crippen molar-refractivity contribution in [1.82, 2.24) is 4.98 Å². The summed E-state index contributed by atoms with van der Waals surface area (Å²) in [6, 6.07) is 9.18. The smallest absolute Gasteiger partial charge is 0.231 e. The van der Waals surface area contributed by atoms with E-state index in [0.717, 1.165) is 17.2 Å². The van der Waals surface area contributed by atoms with Gasteiger partial charge in [-0.3, -0.25) is 0 Å². The van der Waals surface area contributed by atoms with Crippen molar-refractivity contribution < 1.29 is 9.47 Å². The average molecular weight is 266 g/mol. The van der Waals surface area contributed by atoms with E-state index in [4.69, 9.17) is 15.2 Å². The molecule has 0 bridgehead atoms. The molecule has 1 aliphatic rings. The van der Waals surface area contributed by atoms with Crippen LogP contribution < -0.4 is 20.5 Å². The molecule has 0 aliphatic carbocycles. The van der Waals surface area contributed by atoms with Gasteiger partial charge < -0.3 is 20.5 Å². The van der Waals surface area contributed by atoms with E-state index in [1.54, 1.807) is 18.3 Å². The third kappa shape index (κ3) is 2.26. The second kappa shape index (κ2) is 5.01. The predicted molar refractivity (Wildman–Crippen MR) is 71.7 cm³/mol. The molecule has 5 nitrogen and oxygen atoms in total. The number of pyridine rings is 1. The monoisotopic (exact) mass is 265 g/mol. The molecule has 3 N–H and O–H groups in total. The third-order valence-electron chi connectivity index (χ3n) is 2.47. The van der Waals surface area contributed by atoms with Gasteiger partial charge in [-0.1, -0.05) is 0 Å². The average Bonchev–Trinajstić information content (AvgIpc) is 2.79. The van der Waals surface area contributed by atoms with Crippen LogP contribution in [0.4, 0.5) is 17.2 Å². The maximum Gasteiger partial charge on any atom is 0.231 e. The summed E-state index contributed by atoms with van der Waals surface area (Å²) in [7, 11) is 0. The van der Waals surface area contributed by atoms with Crippen LogP contribution in [0.5, 0.6) is 11.5 Å². The van der Waals surface area contributed by atoms with Crippen LogP contribution in [0.1, 0.15) is 0 Å². The maximum absolute atomic E-state index is 5.80. The number of benzene rings is 1. The summed E-state index contributed by atoms with van der Waals surface area (Å²) >= 11 is 0. The number of halogens is 1. The van der Waals surface area contributed by atoms with Crippen LogP contribution in [0, 0.1) is 0 Å². The minimum absolute atomic E-state index is 0. The van der Waals surface area contributed by atoms with Crippen molar-refractivity contribution in [2.24, 2.45) is 0 Å². The van der Waals surface area contributed by atoms with Gasteiger partial charge in [0.2, 0.25) is 6.79 Å². The molecule has 0 amide bonds. The second-order valence-electron chi connectivity index (χ2n) is 3.63. The highest BCUT2D eigenvalue weighted by atomic mass is 35.5. The van der Waals surface area contributed by atoms with Crippen LogP contribution >= 0.6 is 12.4 Å². The fourth-order valence-corrected chi connectivity index (χ4v) is 1.63. The zero-order chi connectivity index (χ0) is 11.7. The Labute approximate surface area is 110 Å².